The van der Waals surface area contributed by atoms with Gasteiger partial charge in [-0.25, -0.2) is 8.42 Å². The molecule has 10 heteroatoms. The number of sulfonamides is 1. The van der Waals surface area contributed by atoms with Gasteiger partial charge in [-0.15, -0.1) is 0 Å². The first-order valence-electron chi connectivity index (χ1n) is 11.5. The van der Waals surface area contributed by atoms with Gasteiger partial charge in [-0.2, -0.15) is 17.5 Å². The van der Waals surface area contributed by atoms with Gasteiger partial charge in [0.15, 0.2) is 0 Å². The molecule has 35 heavy (non-hydrogen) atoms. The molecule has 0 aromatic heterocycles. The van der Waals surface area contributed by atoms with Crippen molar-refractivity contribution in [3.8, 4) is 0 Å². The first-order chi connectivity index (χ1) is 16.3. The molecular weight excluding hydrogens is 481 g/mol. The Morgan fingerprint density at radius 3 is 2.20 bits per heavy atom. The van der Waals surface area contributed by atoms with E-state index in [9.17, 15) is 26.4 Å². The van der Waals surface area contributed by atoms with Crippen LogP contribution in [0.4, 0.5) is 13.2 Å². The summed E-state index contributed by atoms with van der Waals surface area (Å²) in [6.07, 6.45) is -3.21. The van der Waals surface area contributed by atoms with Crippen molar-refractivity contribution in [3.63, 3.8) is 0 Å². The molecule has 3 rings (SSSR count). The van der Waals surface area contributed by atoms with Crippen LogP contribution in [0.3, 0.4) is 0 Å². The summed E-state index contributed by atoms with van der Waals surface area (Å²) in [6, 6.07) is 9.21. The standard InChI is InChI=1S/C25H31F3N2O4S/c1-17-6-11-23(13-21(17)14-24(31)32)35(33,34)30-18(2)15-29(16-19(30)3)12-4-5-20-7-9-22(10-8-20)25(26,27)28/h6-11,13,18-19H,4-5,12,14-16H2,1-3H3,(H,31,32). The molecular formula is C25H31F3N2O4S. The second-order valence-electron chi connectivity index (χ2n) is 9.25. The fourth-order valence-corrected chi connectivity index (χ4v) is 6.58. The van der Waals surface area contributed by atoms with Crippen LogP contribution in [0.15, 0.2) is 47.4 Å². The lowest BCUT2D eigenvalue weighted by Crippen LogP contribution is -2.58. The maximum Gasteiger partial charge on any atom is 0.416 e. The number of carbonyl (C=O) groups is 1. The van der Waals surface area contributed by atoms with Crippen LogP contribution < -0.4 is 0 Å². The summed E-state index contributed by atoms with van der Waals surface area (Å²) in [5, 5.41) is 9.12. The summed E-state index contributed by atoms with van der Waals surface area (Å²) >= 11 is 0. The third-order valence-corrected chi connectivity index (χ3v) is 8.50. The van der Waals surface area contributed by atoms with E-state index >= 15 is 0 Å². The molecule has 0 aliphatic carbocycles. The Balaban J connectivity index is 1.62. The average Bonchev–Trinajstić information content (AvgIpc) is 2.74. The number of piperazine rings is 1. The SMILES string of the molecule is Cc1ccc(S(=O)(=O)N2C(C)CN(CCCc3ccc(C(F)(F)F)cc3)CC2C)cc1CC(=O)O. The lowest BCUT2D eigenvalue weighted by Gasteiger charge is -2.43. The number of alkyl halides is 3. The predicted octanol–water partition coefficient (Wildman–Crippen LogP) is 4.36. The molecule has 6 nitrogen and oxygen atoms in total. The zero-order valence-electron chi connectivity index (χ0n) is 20.0. The number of rotatable bonds is 8. The highest BCUT2D eigenvalue weighted by Gasteiger charge is 2.38. The van der Waals surface area contributed by atoms with E-state index in [1.807, 2.05) is 13.8 Å². The van der Waals surface area contributed by atoms with Gasteiger partial charge < -0.3 is 10.0 Å². The quantitative estimate of drug-likeness (QED) is 0.569. The second-order valence-corrected chi connectivity index (χ2v) is 11.1. The van der Waals surface area contributed by atoms with Crippen molar-refractivity contribution >= 4 is 16.0 Å². The molecule has 1 N–H and O–H groups in total. The van der Waals surface area contributed by atoms with E-state index in [-0.39, 0.29) is 23.4 Å². The minimum Gasteiger partial charge on any atom is -0.481 e. The number of hydrogen-bond acceptors (Lipinski definition) is 4. The van der Waals surface area contributed by atoms with Crippen molar-refractivity contribution in [1.29, 1.82) is 0 Å². The first-order valence-corrected chi connectivity index (χ1v) is 13.0. The van der Waals surface area contributed by atoms with Gasteiger partial charge >= 0.3 is 12.1 Å². The van der Waals surface area contributed by atoms with Gasteiger partial charge in [0.1, 0.15) is 0 Å². The van der Waals surface area contributed by atoms with Crippen LogP contribution in [0.1, 0.15) is 42.5 Å². The van der Waals surface area contributed by atoms with Gasteiger partial charge in [0.25, 0.3) is 0 Å². The molecule has 0 amide bonds. The first kappa shape index (κ1) is 27.2. The maximum atomic E-state index is 13.4. The minimum absolute atomic E-state index is 0.0915. The van der Waals surface area contributed by atoms with Gasteiger partial charge in [-0.3, -0.25) is 4.79 Å². The fraction of sp³-hybridized carbons (Fsp3) is 0.480. The van der Waals surface area contributed by atoms with Crippen molar-refractivity contribution in [2.75, 3.05) is 19.6 Å². The summed E-state index contributed by atoms with van der Waals surface area (Å²) in [5.41, 5.74) is 1.37. The molecule has 1 fully saturated rings. The molecule has 2 aromatic carbocycles. The smallest absolute Gasteiger partial charge is 0.416 e. The highest BCUT2D eigenvalue weighted by molar-refractivity contribution is 7.89. The molecule has 2 atom stereocenters. The normalized spacial score (nSPS) is 20.2. The molecule has 192 valence electrons. The Kier molecular flexibility index (Phi) is 8.28. The zero-order chi connectivity index (χ0) is 26.0. The molecule has 1 aliphatic rings. The number of carboxylic acid groups (broad SMARTS) is 1. The number of nitrogens with zero attached hydrogens (tertiary/aromatic N) is 2. The Morgan fingerprint density at radius 2 is 1.66 bits per heavy atom. The Labute approximate surface area is 204 Å². The fourth-order valence-electron chi connectivity index (χ4n) is 4.72. The summed E-state index contributed by atoms with van der Waals surface area (Å²) in [5.74, 6) is -1.02. The van der Waals surface area contributed by atoms with Crippen LogP contribution in [0.5, 0.6) is 0 Å². The van der Waals surface area contributed by atoms with Crippen molar-refractivity contribution in [2.24, 2.45) is 0 Å². The molecule has 1 aliphatic heterocycles. The lowest BCUT2D eigenvalue weighted by atomic mass is 10.1. The average molecular weight is 513 g/mol. The number of aliphatic carboxylic acids is 1. The highest BCUT2D eigenvalue weighted by atomic mass is 32.2. The van der Waals surface area contributed by atoms with Crippen LogP contribution in [0.2, 0.25) is 0 Å². The van der Waals surface area contributed by atoms with E-state index < -0.39 is 27.7 Å². The number of halogens is 3. The van der Waals surface area contributed by atoms with Gasteiger partial charge in [0, 0.05) is 25.2 Å². The maximum absolute atomic E-state index is 13.4. The van der Waals surface area contributed by atoms with Crippen molar-refractivity contribution in [2.45, 2.75) is 63.2 Å². The van der Waals surface area contributed by atoms with E-state index in [0.29, 0.717) is 31.6 Å². The number of carboxylic acids is 1. The monoisotopic (exact) mass is 512 g/mol. The molecule has 0 spiro atoms. The molecule has 0 saturated carbocycles. The molecule has 2 unspecified atom stereocenters. The second kappa shape index (κ2) is 10.7. The van der Waals surface area contributed by atoms with Crippen LogP contribution >= 0.6 is 0 Å². The topological polar surface area (TPSA) is 77.9 Å². The summed E-state index contributed by atoms with van der Waals surface area (Å²) in [4.78, 5) is 13.4. The van der Waals surface area contributed by atoms with Gasteiger partial charge in [-0.1, -0.05) is 18.2 Å². The molecule has 0 radical (unpaired) electrons. The third-order valence-electron chi connectivity index (χ3n) is 6.37. The summed E-state index contributed by atoms with van der Waals surface area (Å²) in [7, 11) is -3.82. The van der Waals surface area contributed by atoms with Crippen molar-refractivity contribution in [3.05, 3.63) is 64.7 Å². The van der Waals surface area contributed by atoms with Gasteiger partial charge in [0.2, 0.25) is 10.0 Å². The Morgan fingerprint density at radius 1 is 1.06 bits per heavy atom. The van der Waals surface area contributed by atoms with Crippen molar-refractivity contribution in [1.82, 2.24) is 9.21 Å². The predicted molar refractivity (Wildman–Crippen MR) is 127 cm³/mol. The largest absolute Gasteiger partial charge is 0.481 e. The minimum atomic E-state index is -4.35. The van der Waals surface area contributed by atoms with Crippen molar-refractivity contribution < 1.29 is 31.5 Å². The summed E-state index contributed by atoms with van der Waals surface area (Å²) < 4.78 is 66.5. The Hall–Kier alpha value is -2.43. The van der Waals surface area contributed by atoms with Crippen LogP contribution in [0, 0.1) is 6.92 Å². The molecule has 1 heterocycles. The van der Waals surface area contributed by atoms with Gasteiger partial charge in [-0.05, 0) is 81.1 Å². The number of hydrogen-bond donors (Lipinski definition) is 1. The lowest BCUT2D eigenvalue weighted by molar-refractivity contribution is -0.138. The number of aryl methyl sites for hydroxylation is 2. The van der Waals surface area contributed by atoms with Gasteiger partial charge in [0.05, 0.1) is 16.9 Å². The van der Waals surface area contributed by atoms with E-state index in [2.05, 4.69) is 4.90 Å². The molecule has 2 aromatic rings. The van der Waals surface area contributed by atoms with E-state index in [0.717, 1.165) is 29.7 Å². The zero-order valence-corrected chi connectivity index (χ0v) is 20.9. The van der Waals surface area contributed by atoms with E-state index in [1.54, 1.807) is 13.0 Å². The molecule has 1 saturated heterocycles. The summed E-state index contributed by atoms with van der Waals surface area (Å²) in [6.45, 7) is 7.22. The Bertz CT molecular complexity index is 1140. The van der Waals surface area contributed by atoms with Crippen LogP contribution in [-0.2, 0) is 33.8 Å². The molecule has 0 bridgehead atoms. The van der Waals surface area contributed by atoms with Crippen LogP contribution in [0.25, 0.3) is 0 Å². The van der Waals surface area contributed by atoms with Crippen LogP contribution in [-0.4, -0.2) is 60.4 Å². The third kappa shape index (κ3) is 6.62. The van der Waals surface area contributed by atoms with E-state index in [1.165, 1.54) is 28.6 Å². The highest BCUT2D eigenvalue weighted by Crippen LogP contribution is 2.30. The number of benzene rings is 2. The van der Waals surface area contributed by atoms with E-state index in [4.69, 9.17) is 5.11 Å².